The molecule has 1 heterocycles. The Morgan fingerprint density at radius 1 is 1.44 bits per heavy atom. The molecule has 1 fully saturated rings. The van der Waals surface area contributed by atoms with Gasteiger partial charge in [-0.1, -0.05) is 34.1 Å². The number of rotatable bonds is 2. The van der Waals surface area contributed by atoms with Gasteiger partial charge in [-0.2, -0.15) is 0 Å². The van der Waals surface area contributed by atoms with Crippen molar-refractivity contribution in [3.63, 3.8) is 0 Å². The zero-order valence-electron chi connectivity index (χ0n) is 9.66. The summed E-state index contributed by atoms with van der Waals surface area (Å²) in [6.07, 6.45) is 1.44. The van der Waals surface area contributed by atoms with Gasteiger partial charge in [0.2, 0.25) is 0 Å². The van der Waals surface area contributed by atoms with E-state index < -0.39 is 0 Å². The van der Waals surface area contributed by atoms with Crippen molar-refractivity contribution in [1.29, 1.82) is 0 Å². The molecule has 88 valence electrons. The van der Waals surface area contributed by atoms with E-state index in [1.807, 2.05) is 0 Å². The minimum Gasteiger partial charge on any atom is -0.377 e. The number of anilines is 1. The summed E-state index contributed by atoms with van der Waals surface area (Å²) in [5.41, 5.74) is 2.70. The minimum atomic E-state index is 0.325. The average molecular weight is 284 g/mol. The van der Waals surface area contributed by atoms with Crippen molar-refractivity contribution >= 4 is 21.6 Å². The third-order valence-electron chi connectivity index (χ3n) is 2.93. The smallest absolute Gasteiger partial charge is 0.0721 e. The van der Waals surface area contributed by atoms with Crippen LogP contribution in [0.4, 0.5) is 5.69 Å². The van der Waals surface area contributed by atoms with Crippen molar-refractivity contribution in [2.24, 2.45) is 0 Å². The van der Waals surface area contributed by atoms with Gasteiger partial charge in [0.1, 0.15) is 0 Å². The highest BCUT2D eigenvalue weighted by molar-refractivity contribution is 9.08. The second-order valence-corrected chi connectivity index (χ2v) is 4.80. The fraction of sp³-hybridized carbons (Fsp3) is 0.538. The molecule has 1 aliphatic heterocycles. The Kier molecular flexibility index (Phi) is 4.24. The number of halogens is 1. The van der Waals surface area contributed by atoms with E-state index in [0.29, 0.717) is 6.10 Å². The van der Waals surface area contributed by atoms with Crippen molar-refractivity contribution in [2.45, 2.75) is 24.8 Å². The first-order chi connectivity index (χ1) is 7.81. The lowest BCUT2D eigenvalue weighted by Crippen LogP contribution is -2.30. The van der Waals surface area contributed by atoms with Crippen LogP contribution in [0.25, 0.3) is 0 Å². The molecule has 2 nitrogen and oxygen atoms in total. The zero-order chi connectivity index (χ0) is 11.4. The molecular weight excluding hydrogens is 266 g/mol. The maximum Gasteiger partial charge on any atom is 0.0721 e. The topological polar surface area (TPSA) is 12.5 Å². The summed E-state index contributed by atoms with van der Waals surface area (Å²) in [5.74, 6) is 0. The van der Waals surface area contributed by atoms with Crippen LogP contribution in [-0.2, 0) is 10.1 Å². The van der Waals surface area contributed by atoms with E-state index in [1.165, 1.54) is 11.3 Å². The Morgan fingerprint density at radius 2 is 2.25 bits per heavy atom. The highest BCUT2D eigenvalue weighted by Crippen LogP contribution is 2.24. The molecule has 0 bridgehead atoms. The normalized spacial score (nSPS) is 21.9. The van der Waals surface area contributed by atoms with Crippen LogP contribution >= 0.6 is 15.9 Å². The van der Waals surface area contributed by atoms with Crippen LogP contribution in [0, 0.1) is 0 Å². The first-order valence-electron chi connectivity index (χ1n) is 5.81. The van der Waals surface area contributed by atoms with Crippen molar-refractivity contribution in [1.82, 2.24) is 0 Å². The second-order valence-electron chi connectivity index (χ2n) is 4.24. The number of hydrogen-bond acceptors (Lipinski definition) is 2. The summed E-state index contributed by atoms with van der Waals surface area (Å²) in [7, 11) is 0. The quantitative estimate of drug-likeness (QED) is 0.773. The van der Waals surface area contributed by atoms with Crippen LogP contribution in [0.15, 0.2) is 24.3 Å². The van der Waals surface area contributed by atoms with E-state index >= 15 is 0 Å². The van der Waals surface area contributed by atoms with Gasteiger partial charge >= 0.3 is 0 Å². The largest absolute Gasteiger partial charge is 0.377 e. The third-order valence-corrected chi connectivity index (χ3v) is 3.53. The lowest BCUT2D eigenvalue weighted by molar-refractivity contribution is 0.0821. The van der Waals surface area contributed by atoms with Gasteiger partial charge in [0, 0.05) is 30.7 Å². The summed E-state index contributed by atoms with van der Waals surface area (Å²) in [5, 5.41) is 0.912. The maximum absolute atomic E-state index is 5.67. The standard InChI is InChI=1S/C13H18BrNO/c1-11-10-15(7-4-8-16-11)13-6-3-2-5-12(13)9-14/h2-3,5-6,11H,4,7-10H2,1H3. The predicted octanol–water partition coefficient (Wildman–Crippen LogP) is 3.20. The van der Waals surface area contributed by atoms with Gasteiger partial charge in [-0.05, 0) is 25.0 Å². The molecular formula is C13H18BrNO. The van der Waals surface area contributed by atoms with Crippen molar-refractivity contribution < 1.29 is 4.74 Å². The molecule has 1 aromatic carbocycles. The van der Waals surface area contributed by atoms with Crippen molar-refractivity contribution in [2.75, 3.05) is 24.6 Å². The number of para-hydroxylation sites is 1. The molecule has 3 heteroatoms. The first-order valence-corrected chi connectivity index (χ1v) is 6.94. The van der Waals surface area contributed by atoms with Crippen LogP contribution in [0.1, 0.15) is 18.9 Å². The first kappa shape index (κ1) is 11.9. The summed E-state index contributed by atoms with van der Waals surface area (Å²) in [6.45, 7) is 5.11. The van der Waals surface area contributed by atoms with E-state index in [0.717, 1.165) is 31.4 Å². The Hall–Kier alpha value is -0.540. The number of alkyl halides is 1. The lowest BCUT2D eigenvalue weighted by atomic mass is 10.1. The molecule has 0 spiro atoms. The Labute approximate surface area is 106 Å². The Bertz CT molecular complexity index is 342. The van der Waals surface area contributed by atoms with Crippen LogP contribution in [0.3, 0.4) is 0 Å². The van der Waals surface area contributed by atoms with Gasteiger partial charge in [0.15, 0.2) is 0 Å². The summed E-state index contributed by atoms with van der Waals surface area (Å²) in [6, 6.07) is 8.59. The molecule has 0 saturated carbocycles. The van der Waals surface area contributed by atoms with E-state index in [1.54, 1.807) is 0 Å². The van der Waals surface area contributed by atoms with Crippen molar-refractivity contribution in [3.8, 4) is 0 Å². The van der Waals surface area contributed by atoms with Gasteiger partial charge in [-0.25, -0.2) is 0 Å². The SMILES string of the molecule is CC1CN(c2ccccc2CBr)CCCO1. The zero-order valence-corrected chi connectivity index (χ0v) is 11.2. The molecule has 0 aromatic heterocycles. The second kappa shape index (κ2) is 5.69. The molecule has 16 heavy (non-hydrogen) atoms. The number of nitrogens with zero attached hydrogens (tertiary/aromatic N) is 1. The van der Waals surface area contributed by atoms with Crippen LogP contribution < -0.4 is 4.90 Å². The molecule has 1 unspecified atom stereocenters. The predicted molar refractivity (Wildman–Crippen MR) is 71.3 cm³/mol. The van der Waals surface area contributed by atoms with E-state index in [4.69, 9.17) is 4.74 Å². The molecule has 0 amide bonds. The van der Waals surface area contributed by atoms with Crippen LogP contribution in [0.5, 0.6) is 0 Å². The molecule has 0 radical (unpaired) electrons. The summed E-state index contributed by atoms with van der Waals surface area (Å²) in [4.78, 5) is 2.44. The van der Waals surface area contributed by atoms with Crippen molar-refractivity contribution in [3.05, 3.63) is 29.8 Å². The average Bonchev–Trinajstić information content (AvgIpc) is 2.54. The fourth-order valence-corrected chi connectivity index (χ4v) is 2.62. The van der Waals surface area contributed by atoms with E-state index in [9.17, 15) is 0 Å². The van der Waals surface area contributed by atoms with E-state index in [2.05, 4.69) is 52.0 Å². The van der Waals surface area contributed by atoms with Gasteiger partial charge in [-0.3, -0.25) is 0 Å². The van der Waals surface area contributed by atoms with Crippen LogP contribution in [-0.4, -0.2) is 25.8 Å². The maximum atomic E-state index is 5.67. The van der Waals surface area contributed by atoms with E-state index in [-0.39, 0.29) is 0 Å². The number of benzene rings is 1. The number of ether oxygens (including phenoxy) is 1. The molecule has 1 saturated heterocycles. The Morgan fingerprint density at radius 3 is 3.06 bits per heavy atom. The van der Waals surface area contributed by atoms with Gasteiger partial charge in [0.25, 0.3) is 0 Å². The van der Waals surface area contributed by atoms with Crippen LogP contribution in [0.2, 0.25) is 0 Å². The van der Waals surface area contributed by atoms with Gasteiger partial charge in [-0.15, -0.1) is 0 Å². The molecule has 1 atom stereocenters. The molecule has 0 aliphatic carbocycles. The molecule has 1 aromatic rings. The van der Waals surface area contributed by atoms with Gasteiger partial charge in [0.05, 0.1) is 6.10 Å². The minimum absolute atomic E-state index is 0.325. The molecule has 1 aliphatic rings. The lowest BCUT2D eigenvalue weighted by Gasteiger charge is -2.26. The highest BCUT2D eigenvalue weighted by atomic mass is 79.9. The Balaban J connectivity index is 2.20. The third kappa shape index (κ3) is 2.77. The fourth-order valence-electron chi connectivity index (χ4n) is 2.15. The summed E-state index contributed by atoms with van der Waals surface area (Å²) < 4.78 is 5.67. The molecule has 0 N–H and O–H groups in total. The summed E-state index contributed by atoms with van der Waals surface area (Å²) >= 11 is 3.55. The monoisotopic (exact) mass is 283 g/mol. The highest BCUT2D eigenvalue weighted by Gasteiger charge is 2.16. The van der Waals surface area contributed by atoms with Gasteiger partial charge < -0.3 is 9.64 Å². The molecule has 2 rings (SSSR count). The number of hydrogen-bond donors (Lipinski definition) is 0.